The minimum Gasteiger partial charge on any atom is -0.480 e. The van der Waals surface area contributed by atoms with Crippen LogP contribution in [0.3, 0.4) is 0 Å². The van der Waals surface area contributed by atoms with Gasteiger partial charge in [0.2, 0.25) is 0 Å². The number of aliphatic carboxylic acids is 1. The average molecular weight is 297 g/mol. The van der Waals surface area contributed by atoms with E-state index in [1.54, 1.807) is 0 Å². The highest BCUT2D eigenvalue weighted by Gasteiger charge is 2.33. The van der Waals surface area contributed by atoms with Gasteiger partial charge in [0.25, 0.3) is 0 Å². The third-order valence-electron chi connectivity index (χ3n) is 4.39. The van der Waals surface area contributed by atoms with E-state index in [2.05, 4.69) is 18.9 Å². The van der Waals surface area contributed by atoms with Crippen molar-refractivity contribution in [3.05, 3.63) is 0 Å². The molecule has 120 valence electrons. The molecule has 1 heterocycles. The summed E-state index contributed by atoms with van der Waals surface area (Å²) in [5.41, 5.74) is 0. The number of nitrogens with zero attached hydrogens (tertiary/aromatic N) is 3. The first kappa shape index (κ1) is 16.1. The van der Waals surface area contributed by atoms with Gasteiger partial charge in [-0.1, -0.05) is 6.92 Å². The third-order valence-corrected chi connectivity index (χ3v) is 4.39. The van der Waals surface area contributed by atoms with Gasteiger partial charge in [0, 0.05) is 25.7 Å². The van der Waals surface area contributed by atoms with Crippen molar-refractivity contribution < 1.29 is 14.7 Å². The van der Waals surface area contributed by atoms with Gasteiger partial charge in [0.15, 0.2) is 0 Å². The van der Waals surface area contributed by atoms with Crippen LogP contribution in [0.1, 0.15) is 32.6 Å². The quantitative estimate of drug-likeness (QED) is 0.831. The zero-order valence-electron chi connectivity index (χ0n) is 13.1. The Morgan fingerprint density at radius 1 is 1.29 bits per heavy atom. The molecule has 1 atom stereocenters. The largest absolute Gasteiger partial charge is 0.480 e. The van der Waals surface area contributed by atoms with Gasteiger partial charge in [-0.15, -0.1) is 0 Å². The zero-order valence-corrected chi connectivity index (χ0v) is 13.1. The summed E-state index contributed by atoms with van der Waals surface area (Å²) < 4.78 is 0. The number of carboxylic acid groups (broad SMARTS) is 1. The number of rotatable bonds is 5. The number of carboxylic acids is 1. The molecule has 6 nitrogen and oxygen atoms in total. The van der Waals surface area contributed by atoms with Gasteiger partial charge >= 0.3 is 12.0 Å². The van der Waals surface area contributed by atoms with Crippen LogP contribution in [0.15, 0.2) is 0 Å². The molecule has 2 aliphatic rings. The molecule has 2 amide bonds. The van der Waals surface area contributed by atoms with Crippen LogP contribution in [0.25, 0.3) is 0 Å². The van der Waals surface area contributed by atoms with E-state index in [9.17, 15) is 9.59 Å². The molecule has 2 fully saturated rings. The van der Waals surface area contributed by atoms with Crippen LogP contribution >= 0.6 is 0 Å². The molecule has 1 N–H and O–H groups in total. The van der Waals surface area contributed by atoms with Crippen molar-refractivity contribution in [2.75, 3.05) is 39.8 Å². The minimum atomic E-state index is -0.927. The molecule has 21 heavy (non-hydrogen) atoms. The Balaban J connectivity index is 2.06. The van der Waals surface area contributed by atoms with Crippen LogP contribution < -0.4 is 0 Å². The van der Waals surface area contributed by atoms with Gasteiger partial charge in [0.05, 0.1) is 0 Å². The fourth-order valence-corrected chi connectivity index (χ4v) is 3.01. The second kappa shape index (κ2) is 7.11. The molecule has 1 unspecified atom stereocenters. The Morgan fingerprint density at radius 2 is 2.00 bits per heavy atom. The topological polar surface area (TPSA) is 64.1 Å². The molecule has 0 aromatic rings. The molecule has 0 aromatic heterocycles. The second-order valence-electron chi connectivity index (χ2n) is 6.37. The Labute approximate surface area is 126 Å². The van der Waals surface area contributed by atoms with E-state index in [1.807, 2.05) is 4.90 Å². The molecule has 0 radical (unpaired) electrons. The van der Waals surface area contributed by atoms with Crippen LogP contribution in [0.5, 0.6) is 0 Å². The first-order valence-electron chi connectivity index (χ1n) is 7.97. The minimum absolute atomic E-state index is 0.0912. The van der Waals surface area contributed by atoms with Gasteiger partial charge < -0.3 is 19.8 Å². The molecule has 0 bridgehead atoms. The molecular formula is C15H27N3O3. The van der Waals surface area contributed by atoms with E-state index < -0.39 is 5.97 Å². The Morgan fingerprint density at radius 3 is 2.57 bits per heavy atom. The molecule has 0 spiro atoms. The van der Waals surface area contributed by atoms with Crippen molar-refractivity contribution in [1.82, 2.24) is 14.7 Å². The van der Waals surface area contributed by atoms with Gasteiger partial charge in [-0.3, -0.25) is 4.79 Å². The summed E-state index contributed by atoms with van der Waals surface area (Å²) in [6, 6.07) is 0.0898. The SMILES string of the molecule is CCC1CN(C)CCCN1C(=O)N(CC(=O)O)CC1CC1. The van der Waals surface area contributed by atoms with Crippen LogP contribution in [0, 0.1) is 5.92 Å². The summed E-state index contributed by atoms with van der Waals surface area (Å²) in [7, 11) is 2.08. The predicted octanol–water partition coefficient (Wildman–Crippen LogP) is 1.32. The van der Waals surface area contributed by atoms with Crippen molar-refractivity contribution in [2.45, 2.75) is 38.6 Å². The van der Waals surface area contributed by atoms with E-state index in [0.29, 0.717) is 12.5 Å². The fourth-order valence-electron chi connectivity index (χ4n) is 3.01. The monoisotopic (exact) mass is 297 g/mol. The Bertz CT molecular complexity index is 384. The lowest BCUT2D eigenvalue weighted by Gasteiger charge is -2.34. The lowest BCUT2D eigenvalue weighted by atomic mass is 10.2. The number of urea groups is 1. The first-order chi connectivity index (χ1) is 10.0. The normalized spacial score (nSPS) is 23.7. The van der Waals surface area contributed by atoms with E-state index in [4.69, 9.17) is 5.11 Å². The molecule has 1 aliphatic heterocycles. The van der Waals surface area contributed by atoms with Crippen molar-refractivity contribution in [3.63, 3.8) is 0 Å². The van der Waals surface area contributed by atoms with Gasteiger partial charge in [-0.25, -0.2) is 4.79 Å². The third kappa shape index (κ3) is 4.59. The highest BCUT2D eigenvalue weighted by Crippen LogP contribution is 2.30. The lowest BCUT2D eigenvalue weighted by molar-refractivity contribution is -0.137. The van der Waals surface area contributed by atoms with Gasteiger partial charge in [-0.05, 0) is 45.2 Å². The van der Waals surface area contributed by atoms with Crippen LogP contribution in [-0.4, -0.2) is 77.6 Å². The summed E-state index contributed by atoms with van der Waals surface area (Å²) in [5.74, 6) is -0.424. The highest BCUT2D eigenvalue weighted by molar-refractivity contribution is 5.80. The van der Waals surface area contributed by atoms with Crippen molar-refractivity contribution >= 4 is 12.0 Å². The molecule has 6 heteroatoms. The highest BCUT2D eigenvalue weighted by atomic mass is 16.4. The summed E-state index contributed by atoms with van der Waals surface area (Å²) in [5, 5.41) is 9.06. The smallest absolute Gasteiger partial charge is 0.323 e. The van der Waals surface area contributed by atoms with Crippen LogP contribution in [0.2, 0.25) is 0 Å². The first-order valence-corrected chi connectivity index (χ1v) is 7.97. The predicted molar refractivity (Wildman–Crippen MR) is 80.2 cm³/mol. The summed E-state index contributed by atoms with van der Waals surface area (Å²) in [6.07, 6.45) is 4.08. The maximum atomic E-state index is 12.8. The zero-order chi connectivity index (χ0) is 15.4. The standard InChI is InChI=1S/C15H27N3O3/c1-3-13-10-16(2)7-4-8-18(13)15(21)17(11-14(19)20)9-12-5-6-12/h12-13H,3-11H2,1-2H3,(H,19,20). The summed E-state index contributed by atoms with van der Waals surface area (Å²) in [6.45, 7) is 5.08. The van der Waals surface area contributed by atoms with E-state index >= 15 is 0 Å². The molecule has 1 saturated heterocycles. The van der Waals surface area contributed by atoms with E-state index in [1.165, 1.54) is 4.90 Å². The Hall–Kier alpha value is -1.30. The maximum absolute atomic E-state index is 12.8. The summed E-state index contributed by atoms with van der Waals surface area (Å²) in [4.78, 5) is 29.5. The molecule has 1 aliphatic carbocycles. The van der Waals surface area contributed by atoms with Crippen LogP contribution in [0.4, 0.5) is 4.79 Å². The van der Waals surface area contributed by atoms with Gasteiger partial charge in [0.1, 0.15) is 6.54 Å². The Kier molecular flexibility index (Phi) is 5.45. The molecule has 2 rings (SSSR count). The molecule has 1 saturated carbocycles. The number of carbonyl (C=O) groups is 2. The van der Waals surface area contributed by atoms with Crippen molar-refractivity contribution in [2.24, 2.45) is 5.92 Å². The second-order valence-corrected chi connectivity index (χ2v) is 6.37. The number of amides is 2. The maximum Gasteiger partial charge on any atom is 0.323 e. The van der Waals surface area contributed by atoms with Gasteiger partial charge in [-0.2, -0.15) is 0 Å². The fraction of sp³-hybridized carbons (Fsp3) is 0.867. The van der Waals surface area contributed by atoms with E-state index in [-0.39, 0.29) is 18.6 Å². The molecular weight excluding hydrogens is 270 g/mol. The number of hydrogen-bond donors (Lipinski definition) is 1. The number of hydrogen-bond acceptors (Lipinski definition) is 3. The number of carbonyl (C=O) groups excluding carboxylic acids is 1. The summed E-state index contributed by atoms with van der Waals surface area (Å²) >= 11 is 0. The molecule has 0 aromatic carbocycles. The van der Waals surface area contributed by atoms with Crippen LogP contribution in [-0.2, 0) is 4.79 Å². The van der Waals surface area contributed by atoms with Crippen molar-refractivity contribution in [3.8, 4) is 0 Å². The van der Waals surface area contributed by atoms with E-state index in [0.717, 1.165) is 45.3 Å². The number of likely N-dealkylation sites (N-methyl/N-ethyl adjacent to an activating group) is 1. The lowest BCUT2D eigenvalue weighted by Crippen LogP contribution is -2.51. The average Bonchev–Trinajstić information content (AvgIpc) is 3.24. The van der Waals surface area contributed by atoms with Crippen molar-refractivity contribution in [1.29, 1.82) is 0 Å².